The van der Waals surface area contributed by atoms with Gasteiger partial charge in [0, 0.05) is 25.1 Å². The number of nitrogens with zero attached hydrogens (tertiary/aromatic N) is 2. The van der Waals surface area contributed by atoms with Crippen molar-refractivity contribution in [2.75, 3.05) is 13.7 Å². The third kappa shape index (κ3) is 3.40. The Morgan fingerprint density at radius 2 is 2.19 bits per heavy atom. The number of carbonyl (C=O) groups is 1. The van der Waals surface area contributed by atoms with Crippen LogP contribution in [0.15, 0.2) is 42.5 Å². The molecule has 0 spiro atoms. The number of urea groups is 1. The number of aryl methyl sites for hydroxylation is 1. The molecule has 0 saturated heterocycles. The summed E-state index contributed by atoms with van der Waals surface area (Å²) in [6.45, 7) is 0.929. The number of rotatable bonds is 4. The van der Waals surface area contributed by atoms with Crippen LogP contribution < -0.4 is 20.1 Å². The molecule has 0 aliphatic carbocycles. The molecule has 2 aromatic carbocycles. The zero-order valence-electron chi connectivity index (χ0n) is 15.4. The van der Waals surface area contributed by atoms with Crippen LogP contribution in [0.3, 0.4) is 0 Å². The van der Waals surface area contributed by atoms with Gasteiger partial charge in [-0.15, -0.1) is 0 Å². The first kappa shape index (κ1) is 17.2. The molecule has 0 bridgehead atoms. The van der Waals surface area contributed by atoms with Crippen molar-refractivity contribution in [2.24, 2.45) is 7.05 Å². The molecule has 7 nitrogen and oxygen atoms in total. The van der Waals surface area contributed by atoms with E-state index in [4.69, 9.17) is 9.47 Å². The number of methoxy groups -OCH3 is 1. The molecule has 2 amide bonds. The van der Waals surface area contributed by atoms with E-state index in [1.54, 1.807) is 7.11 Å². The Kier molecular flexibility index (Phi) is 4.58. The van der Waals surface area contributed by atoms with E-state index in [0.29, 0.717) is 13.2 Å². The molecule has 27 heavy (non-hydrogen) atoms. The van der Waals surface area contributed by atoms with Crippen molar-refractivity contribution < 1.29 is 14.3 Å². The molecule has 0 fully saturated rings. The first-order valence-corrected chi connectivity index (χ1v) is 8.91. The van der Waals surface area contributed by atoms with Gasteiger partial charge in [0.1, 0.15) is 17.3 Å². The SMILES string of the molecule is COc1ccc2c(c1)nc(CNC(=O)NC1CCOc3ccccc31)n2C. The fourth-order valence-corrected chi connectivity index (χ4v) is 3.38. The summed E-state index contributed by atoms with van der Waals surface area (Å²) in [5.74, 6) is 2.37. The van der Waals surface area contributed by atoms with Crippen molar-refractivity contribution in [1.29, 1.82) is 0 Å². The lowest BCUT2D eigenvalue weighted by atomic mass is 10.0. The summed E-state index contributed by atoms with van der Waals surface area (Å²) < 4.78 is 12.9. The summed E-state index contributed by atoms with van der Waals surface area (Å²) in [5, 5.41) is 5.93. The number of ether oxygens (including phenoxy) is 2. The van der Waals surface area contributed by atoms with Gasteiger partial charge in [-0.1, -0.05) is 18.2 Å². The van der Waals surface area contributed by atoms with E-state index >= 15 is 0 Å². The third-order valence-corrected chi connectivity index (χ3v) is 4.85. The standard InChI is InChI=1S/C20H22N4O3/c1-24-17-8-7-13(26-2)11-16(17)22-19(24)12-21-20(25)23-15-9-10-27-18-6-4-3-5-14(15)18/h3-8,11,15H,9-10,12H2,1-2H3,(H2,21,23,25). The van der Waals surface area contributed by atoms with Crippen LogP contribution in [0.25, 0.3) is 11.0 Å². The number of hydrogen-bond acceptors (Lipinski definition) is 4. The summed E-state index contributed by atoms with van der Waals surface area (Å²) in [5.41, 5.74) is 2.84. The van der Waals surface area contributed by atoms with Gasteiger partial charge >= 0.3 is 6.03 Å². The Morgan fingerprint density at radius 3 is 3.04 bits per heavy atom. The Labute approximate surface area is 157 Å². The predicted molar refractivity (Wildman–Crippen MR) is 102 cm³/mol. The molecule has 0 radical (unpaired) electrons. The fraction of sp³-hybridized carbons (Fsp3) is 0.300. The number of hydrogen-bond donors (Lipinski definition) is 2. The first-order chi connectivity index (χ1) is 13.2. The molecular weight excluding hydrogens is 344 g/mol. The summed E-state index contributed by atoms with van der Waals surface area (Å²) in [6, 6.07) is 13.3. The monoisotopic (exact) mass is 366 g/mol. The van der Waals surface area contributed by atoms with Crippen LogP contribution in [0.2, 0.25) is 0 Å². The first-order valence-electron chi connectivity index (χ1n) is 8.91. The second-order valence-corrected chi connectivity index (χ2v) is 6.50. The molecule has 1 atom stereocenters. The number of fused-ring (bicyclic) bond motifs is 2. The molecule has 3 aromatic rings. The summed E-state index contributed by atoms with van der Waals surface area (Å²) in [7, 11) is 3.57. The Bertz CT molecular complexity index is 983. The number of amides is 2. The lowest BCUT2D eigenvalue weighted by molar-refractivity contribution is 0.223. The maximum absolute atomic E-state index is 12.4. The maximum atomic E-state index is 12.4. The van der Waals surface area contributed by atoms with Crippen molar-refractivity contribution in [1.82, 2.24) is 20.2 Å². The van der Waals surface area contributed by atoms with E-state index < -0.39 is 0 Å². The quantitative estimate of drug-likeness (QED) is 0.744. The topological polar surface area (TPSA) is 77.4 Å². The molecule has 1 aliphatic heterocycles. The summed E-state index contributed by atoms with van der Waals surface area (Å²) in [4.78, 5) is 17.0. The van der Waals surface area contributed by atoms with Gasteiger partial charge < -0.3 is 24.7 Å². The van der Waals surface area contributed by atoms with Gasteiger partial charge in [0.15, 0.2) is 0 Å². The lowest BCUT2D eigenvalue weighted by Crippen LogP contribution is -2.39. The molecule has 4 rings (SSSR count). The highest BCUT2D eigenvalue weighted by atomic mass is 16.5. The Hall–Kier alpha value is -3.22. The van der Waals surface area contributed by atoms with Gasteiger partial charge in [-0.2, -0.15) is 0 Å². The molecular formula is C20H22N4O3. The smallest absolute Gasteiger partial charge is 0.315 e. The lowest BCUT2D eigenvalue weighted by Gasteiger charge is -2.26. The highest BCUT2D eigenvalue weighted by molar-refractivity contribution is 5.78. The zero-order valence-corrected chi connectivity index (χ0v) is 15.4. The Balaban J connectivity index is 1.43. The number of benzene rings is 2. The van der Waals surface area contributed by atoms with E-state index in [2.05, 4.69) is 15.6 Å². The van der Waals surface area contributed by atoms with Crippen molar-refractivity contribution in [3.63, 3.8) is 0 Å². The average molecular weight is 366 g/mol. The van der Waals surface area contributed by atoms with Gasteiger partial charge in [0.25, 0.3) is 0 Å². The van der Waals surface area contributed by atoms with Crippen molar-refractivity contribution in [3.05, 3.63) is 53.9 Å². The van der Waals surface area contributed by atoms with E-state index in [0.717, 1.165) is 40.3 Å². The molecule has 1 unspecified atom stereocenters. The zero-order chi connectivity index (χ0) is 18.8. The van der Waals surface area contributed by atoms with Crippen molar-refractivity contribution >= 4 is 17.1 Å². The molecule has 0 saturated carbocycles. The molecule has 7 heteroatoms. The largest absolute Gasteiger partial charge is 0.497 e. The van der Waals surface area contributed by atoms with Crippen LogP contribution in [0.4, 0.5) is 4.79 Å². The van der Waals surface area contributed by atoms with Crippen LogP contribution >= 0.6 is 0 Å². The molecule has 2 heterocycles. The van der Waals surface area contributed by atoms with E-state index in [1.807, 2.05) is 54.1 Å². The van der Waals surface area contributed by atoms with E-state index in [-0.39, 0.29) is 12.1 Å². The average Bonchev–Trinajstić information content (AvgIpc) is 3.01. The minimum absolute atomic E-state index is 0.0559. The highest BCUT2D eigenvalue weighted by Gasteiger charge is 2.22. The highest BCUT2D eigenvalue weighted by Crippen LogP contribution is 2.31. The van der Waals surface area contributed by atoms with Crippen LogP contribution in [0.1, 0.15) is 23.9 Å². The number of aromatic nitrogens is 2. The molecule has 1 aromatic heterocycles. The number of nitrogens with one attached hydrogen (secondary N) is 2. The van der Waals surface area contributed by atoms with Crippen LogP contribution in [0.5, 0.6) is 11.5 Å². The van der Waals surface area contributed by atoms with Gasteiger partial charge in [-0.05, 0) is 18.2 Å². The normalized spacial score (nSPS) is 15.7. The Morgan fingerprint density at radius 1 is 1.33 bits per heavy atom. The van der Waals surface area contributed by atoms with E-state index in [9.17, 15) is 4.79 Å². The predicted octanol–water partition coefficient (Wildman–Crippen LogP) is 2.90. The van der Waals surface area contributed by atoms with Crippen molar-refractivity contribution in [3.8, 4) is 11.5 Å². The number of carbonyl (C=O) groups excluding carboxylic acids is 1. The van der Waals surface area contributed by atoms with Gasteiger partial charge in [0.2, 0.25) is 0 Å². The number of imidazole rings is 1. The number of para-hydroxylation sites is 1. The van der Waals surface area contributed by atoms with Gasteiger partial charge in [0.05, 0.1) is 37.3 Å². The van der Waals surface area contributed by atoms with Crippen LogP contribution in [-0.4, -0.2) is 29.3 Å². The van der Waals surface area contributed by atoms with Crippen LogP contribution in [0, 0.1) is 0 Å². The summed E-state index contributed by atoms with van der Waals surface area (Å²) in [6.07, 6.45) is 0.747. The second-order valence-electron chi connectivity index (χ2n) is 6.50. The minimum Gasteiger partial charge on any atom is -0.497 e. The summed E-state index contributed by atoms with van der Waals surface area (Å²) >= 11 is 0. The van der Waals surface area contributed by atoms with Gasteiger partial charge in [-0.25, -0.2) is 9.78 Å². The molecule has 140 valence electrons. The van der Waals surface area contributed by atoms with E-state index in [1.165, 1.54) is 0 Å². The fourth-order valence-electron chi connectivity index (χ4n) is 3.38. The second kappa shape index (κ2) is 7.19. The van der Waals surface area contributed by atoms with Crippen molar-refractivity contribution in [2.45, 2.75) is 19.0 Å². The third-order valence-electron chi connectivity index (χ3n) is 4.85. The minimum atomic E-state index is -0.221. The maximum Gasteiger partial charge on any atom is 0.315 e. The molecule has 1 aliphatic rings. The van der Waals surface area contributed by atoms with Gasteiger partial charge in [-0.3, -0.25) is 0 Å². The molecule has 2 N–H and O–H groups in total. The van der Waals surface area contributed by atoms with Crippen LogP contribution in [-0.2, 0) is 13.6 Å².